The van der Waals surface area contributed by atoms with Crippen molar-refractivity contribution in [2.45, 2.75) is 27.1 Å². The Balaban J connectivity index is 4.40. The van der Waals surface area contributed by atoms with Crippen molar-refractivity contribution >= 4 is 11.6 Å². The summed E-state index contributed by atoms with van der Waals surface area (Å²) >= 11 is 5.49. The summed E-state index contributed by atoms with van der Waals surface area (Å²) in [6, 6.07) is 0. The minimum Gasteiger partial charge on any atom is -0.349 e. The van der Waals surface area contributed by atoms with Gasteiger partial charge in [0.05, 0.1) is 5.03 Å². The summed E-state index contributed by atoms with van der Waals surface area (Å²) in [6.07, 6.45) is 5.84. The van der Waals surface area contributed by atoms with Gasteiger partial charge in [0.15, 0.2) is 6.29 Å². The van der Waals surface area contributed by atoms with Gasteiger partial charge in [-0.3, -0.25) is 0 Å². The highest BCUT2D eigenvalue weighted by Gasteiger charge is 2.01. The predicted molar refractivity (Wildman–Crippen MR) is 74.1 cm³/mol. The number of allylic oxidation sites excluding steroid dienone is 6. The summed E-state index contributed by atoms with van der Waals surface area (Å²) in [5, 5.41) is 0.115. The lowest BCUT2D eigenvalue weighted by atomic mass is 10.2. The SMILES string of the molecule is C=C(/C=C\C(F)=C(/C)Cl)/C=C/C(OCC)OCC. The molecule has 0 saturated carbocycles. The Hall–Kier alpha value is -0.900. The number of ether oxygens (including phenoxy) is 2. The third-order valence-electron chi connectivity index (χ3n) is 1.90. The van der Waals surface area contributed by atoms with Gasteiger partial charge in [-0.15, -0.1) is 0 Å². The van der Waals surface area contributed by atoms with Crippen LogP contribution in [-0.2, 0) is 9.47 Å². The molecule has 0 unspecified atom stereocenters. The Morgan fingerprint density at radius 2 is 1.78 bits per heavy atom. The molecule has 0 radical (unpaired) electrons. The molecule has 0 N–H and O–H groups in total. The van der Waals surface area contributed by atoms with Crippen LogP contribution in [0.5, 0.6) is 0 Å². The van der Waals surface area contributed by atoms with Crippen molar-refractivity contribution in [1.82, 2.24) is 0 Å². The second-order valence-corrected chi connectivity index (χ2v) is 3.99. The van der Waals surface area contributed by atoms with E-state index < -0.39 is 12.1 Å². The molecule has 0 aliphatic carbocycles. The fraction of sp³-hybridized carbons (Fsp3) is 0.429. The third kappa shape index (κ3) is 8.23. The number of hydrogen-bond donors (Lipinski definition) is 0. The normalized spacial score (nSPS) is 13.7. The third-order valence-corrected chi connectivity index (χ3v) is 2.08. The van der Waals surface area contributed by atoms with Crippen molar-refractivity contribution in [1.29, 1.82) is 0 Å². The van der Waals surface area contributed by atoms with Crippen LogP contribution < -0.4 is 0 Å². The van der Waals surface area contributed by atoms with E-state index in [9.17, 15) is 4.39 Å². The van der Waals surface area contributed by atoms with Crippen molar-refractivity contribution in [2.75, 3.05) is 13.2 Å². The van der Waals surface area contributed by atoms with Gasteiger partial charge in [-0.2, -0.15) is 0 Å². The lowest BCUT2D eigenvalue weighted by molar-refractivity contribution is -0.103. The van der Waals surface area contributed by atoms with E-state index >= 15 is 0 Å². The maximum atomic E-state index is 13.1. The lowest BCUT2D eigenvalue weighted by Crippen LogP contribution is -2.14. The molecular weight excluding hydrogens is 255 g/mol. The monoisotopic (exact) mass is 274 g/mol. The van der Waals surface area contributed by atoms with E-state index in [0.29, 0.717) is 18.8 Å². The standard InChI is InChI=1S/C14H20ClFO2/c1-5-17-14(18-6-2)10-8-11(3)7-9-13(16)12(4)15/h7-10,14H,3,5-6H2,1-2,4H3/b9-7-,10-8+,13-12-. The Morgan fingerprint density at radius 1 is 1.22 bits per heavy atom. The van der Waals surface area contributed by atoms with Gasteiger partial charge in [0.25, 0.3) is 0 Å². The van der Waals surface area contributed by atoms with Crippen molar-refractivity contribution in [3.8, 4) is 0 Å². The number of halogens is 2. The Morgan fingerprint density at radius 3 is 2.22 bits per heavy atom. The van der Waals surface area contributed by atoms with Gasteiger partial charge >= 0.3 is 0 Å². The smallest absolute Gasteiger partial charge is 0.177 e. The van der Waals surface area contributed by atoms with Gasteiger partial charge < -0.3 is 9.47 Å². The second-order valence-electron chi connectivity index (χ2n) is 3.43. The molecule has 0 heterocycles. The second kappa shape index (κ2) is 10.1. The molecule has 0 atom stereocenters. The van der Waals surface area contributed by atoms with Crippen LogP contribution in [0.15, 0.2) is 47.3 Å². The van der Waals surface area contributed by atoms with Gasteiger partial charge in [0.2, 0.25) is 0 Å². The Bertz CT molecular complexity index is 336. The lowest BCUT2D eigenvalue weighted by Gasteiger charge is -2.12. The molecule has 0 rings (SSSR count). The zero-order valence-electron chi connectivity index (χ0n) is 11.1. The molecule has 0 fully saturated rings. The average molecular weight is 275 g/mol. The topological polar surface area (TPSA) is 18.5 Å². The molecule has 18 heavy (non-hydrogen) atoms. The fourth-order valence-corrected chi connectivity index (χ4v) is 1.10. The first-order valence-electron chi connectivity index (χ1n) is 5.81. The minimum atomic E-state index is -0.475. The first-order chi connectivity index (χ1) is 8.51. The molecule has 0 aromatic rings. The van der Waals surface area contributed by atoms with Crippen LogP contribution in [0, 0.1) is 0 Å². The zero-order valence-corrected chi connectivity index (χ0v) is 11.8. The molecule has 0 aliphatic rings. The molecule has 102 valence electrons. The number of hydrogen-bond acceptors (Lipinski definition) is 2. The van der Waals surface area contributed by atoms with Gasteiger partial charge in [-0.25, -0.2) is 4.39 Å². The summed E-state index contributed by atoms with van der Waals surface area (Å²) in [5.41, 5.74) is 0.632. The molecule has 0 bridgehead atoms. The molecule has 0 amide bonds. The van der Waals surface area contributed by atoms with E-state index in [1.54, 1.807) is 12.2 Å². The summed E-state index contributed by atoms with van der Waals surface area (Å²) in [6.45, 7) is 10.1. The van der Waals surface area contributed by atoms with Gasteiger partial charge in [-0.1, -0.05) is 30.3 Å². The van der Waals surface area contributed by atoms with Gasteiger partial charge in [0, 0.05) is 13.2 Å². The summed E-state index contributed by atoms with van der Waals surface area (Å²) < 4.78 is 23.7. The summed E-state index contributed by atoms with van der Waals surface area (Å²) in [5.74, 6) is -0.475. The zero-order chi connectivity index (χ0) is 14.0. The molecule has 0 aromatic carbocycles. The van der Waals surface area contributed by atoms with Crippen LogP contribution in [0.4, 0.5) is 4.39 Å². The fourth-order valence-electron chi connectivity index (χ4n) is 1.04. The van der Waals surface area contributed by atoms with E-state index in [2.05, 4.69) is 6.58 Å². The van der Waals surface area contributed by atoms with Crippen molar-refractivity contribution < 1.29 is 13.9 Å². The molecule has 0 aromatic heterocycles. The van der Waals surface area contributed by atoms with Gasteiger partial charge in [0.1, 0.15) is 5.83 Å². The van der Waals surface area contributed by atoms with Crippen molar-refractivity contribution in [3.63, 3.8) is 0 Å². The van der Waals surface area contributed by atoms with Crippen molar-refractivity contribution in [3.05, 3.63) is 47.3 Å². The van der Waals surface area contributed by atoms with E-state index in [1.807, 2.05) is 13.8 Å². The van der Waals surface area contributed by atoms with E-state index in [-0.39, 0.29) is 5.03 Å². The first kappa shape index (κ1) is 17.1. The van der Waals surface area contributed by atoms with Crippen molar-refractivity contribution in [2.24, 2.45) is 0 Å². The van der Waals surface area contributed by atoms with Crippen LogP contribution >= 0.6 is 11.6 Å². The highest BCUT2D eigenvalue weighted by Crippen LogP contribution is 2.12. The van der Waals surface area contributed by atoms with E-state index in [1.165, 1.54) is 19.1 Å². The number of rotatable bonds is 8. The van der Waals surface area contributed by atoms with Crippen LogP contribution in [0.25, 0.3) is 0 Å². The first-order valence-corrected chi connectivity index (χ1v) is 6.19. The average Bonchev–Trinajstić information content (AvgIpc) is 2.33. The highest BCUT2D eigenvalue weighted by molar-refractivity contribution is 6.29. The van der Waals surface area contributed by atoms with E-state index in [0.717, 1.165) is 0 Å². The predicted octanol–water partition coefficient (Wildman–Crippen LogP) is 4.49. The van der Waals surface area contributed by atoms with E-state index in [4.69, 9.17) is 21.1 Å². The summed E-state index contributed by atoms with van der Waals surface area (Å²) in [4.78, 5) is 0. The van der Waals surface area contributed by atoms with Crippen LogP contribution in [0.1, 0.15) is 20.8 Å². The molecule has 0 saturated heterocycles. The van der Waals surface area contributed by atoms with Crippen LogP contribution in [0.2, 0.25) is 0 Å². The Kier molecular flexibility index (Phi) is 9.56. The summed E-state index contributed by atoms with van der Waals surface area (Å²) in [7, 11) is 0. The molecule has 4 heteroatoms. The quantitative estimate of drug-likeness (QED) is 0.479. The largest absolute Gasteiger partial charge is 0.349 e. The molecule has 0 aliphatic heterocycles. The minimum absolute atomic E-state index is 0.115. The maximum absolute atomic E-state index is 13.1. The highest BCUT2D eigenvalue weighted by atomic mass is 35.5. The van der Waals surface area contributed by atoms with Crippen LogP contribution in [0.3, 0.4) is 0 Å². The maximum Gasteiger partial charge on any atom is 0.177 e. The molecule has 2 nitrogen and oxygen atoms in total. The van der Waals surface area contributed by atoms with Gasteiger partial charge in [-0.05, 0) is 38.5 Å². The molecule has 0 spiro atoms. The Labute approximate surface area is 113 Å². The van der Waals surface area contributed by atoms with Crippen LogP contribution in [-0.4, -0.2) is 19.5 Å². The molecular formula is C14H20ClFO2.